The number of aromatic amines is 1. The number of aliphatic hydroxyl groups is 1. The highest BCUT2D eigenvalue weighted by Gasteiger charge is 2.62. The van der Waals surface area contributed by atoms with Gasteiger partial charge in [0.1, 0.15) is 24.3 Å². The van der Waals surface area contributed by atoms with Crippen LogP contribution in [0.25, 0.3) is 11.2 Å². The number of nitrogens with zero attached hydrogens (tertiary/aromatic N) is 3. The Morgan fingerprint density at radius 3 is 2.84 bits per heavy atom. The van der Waals surface area contributed by atoms with Gasteiger partial charge in [-0.05, 0) is 49.7 Å². The molecule has 0 spiro atoms. The van der Waals surface area contributed by atoms with Crippen molar-refractivity contribution in [2.45, 2.75) is 43.6 Å². The van der Waals surface area contributed by atoms with E-state index in [1.807, 2.05) is 24.3 Å². The maximum absolute atomic E-state index is 14.8. The van der Waals surface area contributed by atoms with Crippen molar-refractivity contribution >= 4 is 28.6 Å². The molecule has 0 amide bonds. The summed E-state index contributed by atoms with van der Waals surface area (Å²) in [4.78, 5) is 14.3. The first-order valence-corrected chi connectivity index (χ1v) is 12.9. The molecule has 4 atom stereocenters. The summed E-state index contributed by atoms with van der Waals surface area (Å²) in [6, 6.07) is 9.76. The Bertz CT molecular complexity index is 1240. The highest BCUT2D eigenvalue weighted by molar-refractivity contribution is 6.33. The normalized spacial score (nSPS) is 27.6. The molecule has 1 aromatic carbocycles. The van der Waals surface area contributed by atoms with Crippen LogP contribution in [-0.4, -0.2) is 88.6 Å². The number of aromatic nitrogens is 3. The number of aliphatic hydroxyl groups excluding tert-OH is 1. The second kappa shape index (κ2) is 10.2. The number of anilines is 1. The predicted molar refractivity (Wildman–Crippen MR) is 134 cm³/mol. The number of halogens is 2. The van der Waals surface area contributed by atoms with Gasteiger partial charge in [-0.2, -0.15) is 4.98 Å². The molecular weight excluding hydrogens is 505 g/mol. The van der Waals surface area contributed by atoms with Crippen molar-refractivity contribution in [3.63, 3.8) is 0 Å². The molecule has 3 aromatic rings. The van der Waals surface area contributed by atoms with E-state index in [-0.39, 0.29) is 19.2 Å². The van der Waals surface area contributed by atoms with E-state index in [2.05, 4.69) is 25.2 Å². The number of pyridine rings is 1. The molecule has 0 aliphatic carbocycles. The van der Waals surface area contributed by atoms with E-state index in [9.17, 15) is 9.50 Å². The molecule has 6 rings (SSSR count). The summed E-state index contributed by atoms with van der Waals surface area (Å²) in [5.41, 5.74) is 2.01. The van der Waals surface area contributed by atoms with E-state index in [0.717, 1.165) is 17.9 Å². The number of fused-ring (bicyclic) bond motifs is 2. The second-order valence-corrected chi connectivity index (χ2v) is 9.97. The van der Waals surface area contributed by atoms with Crippen LogP contribution in [0, 0.1) is 0 Å². The molecule has 0 unspecified atom stereocenters. The molecule has 10 nitrogen and oxygen atoms in total. The quantitative estimate of drug-likeness (QED) is 0.382. The predicted octanol–water partition coefficient (Wildman–Crippen LogP) is 2.90. The van der Waals surface area contributed by atoms with Crippen LogP contribution in [0.2, 0.25) is 5.02 Å². The molecule has 198 valence electrons. The summed E-state index contributed by atoms with van der Waals surface area (Å²) in [5.74, 6) is -0.945. The van der Waals surface area contributed by atoms with Crippen molar-refractivity contribution in [1.82, 2.24) is 19.9 Å². The minimum Gasteiger partial charge on any atom is -0.492 e. The molecular formula is C25H29ClFN5O5. The van der Waals surface area contributed by atoms with Crippen LogP contribution >= 0.6 is 11.6 Å². The van der Waals surface area contributed by atoms with Gasteiger partial charge in [-0.25, -0.2) is 9.37 Å². The van der Waals surface area contributed by atoms with E-state index in [1.165, 1.54) is 25.9 Å². The average molecular weight is 534 g/mol. The maximum Gasteiger partial charge on any atom is 0.296 e. The van der Waals surface area contributed by atoms with Gasteiger partial charge in [-0.3, -0.25) is 4.90 Å². The van der Waals surface area contributed by atoms with Crippen LogP contribution in [0.1, 0.15) is 18.4 Å². The SMILES string of the molecule is O[C@@H]1CO[C@@H]2[C@H](Oc3nc4nc(NCc5ccc(OCCN6CCCC6)cc5)c(Cl)cc4[nH]3)CO[C@]12F. The average Bonchev–Trinajstić information content (AvgIpc) is 3.66. The number of hydrogen-bond acceptors (Lipinski definition) is 9. The lowest BCUT2D eigenvalue weighted by Gasteiger charge is -2.20. The molecule has 0 bridgehead atoms. The van der Waals surface area contributed by atoms with Gasteiger partial charge in [0.2, 0.25) is 0 Å². The summed E-state index contributed by atoms with van der Waals surface area (Å²) in [7, 11) is 0. The van der Waals surface area contributed by atoms with Crippen LogP contribution in [0.15, 0.2) is 30.3 Å². The van der Waals surface area contributed by atoms with E-state index in [1.54, 1.807) is 6.07 Å². The van der Waals surface area contributed by atoms with Crippen molar-refractivity contribution in [2.24, 2.45) is 0 Å². The molecule has 3 N–H and O–H groups in total. The van der Waals surface area contributed by atoms with Crippen LogP contribution in [-0.2, 0) is 16.0 Å². The highest BCUT2D eigenvalue weighted by Crippen LogP contribution is 2.40. The van der Waals surface area contributed by atoms with E-state index < -0.39 is 24.2 Å². The Labute approximate surface area is 218 Å². The Hall–Kier alpha value is -2.70. The number of H-pyrrole nitrogens is 1. The first kappa shape index (κ1) is 24.6. The summed E-state index contributed by atoms with van der Waals surface area (Å²) in [6.07, 6.45) is -0.587. The van der Waals surface area contributed by atoms with Crippen molar-refractivity contribution in [2.75, 3.05) is 44.8 Å². The maximum atomic E-state index is 14.8. The molecule has 12 heteroatoms. The number of ether oxygens (including phenoxy) is 4. The lowest BCUT2D eigenvalue weighted by atomic mass is 10.1. The van der Waals surface area contributed by atoms with Crippen LogP contribution < -0.4 is 14.8 Å². The van der Waals surface area contributed by atoms with Gasteiger partial charge >= 0.3 is 0 Å². The zero-order valence-corrected chi connectivity index (χ0v) is 20.9. The van der Waals surface area contributed by atoms with Crippen molar-refractivity contribution < 1.29 is 28.4 Å². The molecule has 37 heavy (non-hydrogen) atoms. The standard InChI is InChI=1S/C25H29ClFN5O5/c26-17-11-18-23(31-24(29-18)37-19-13-36-25(27)20(33)14-35-21(19)25)30-22(17)28-12-15-3-5-16(6-4-15)34-10-9-32-7-1-2-8-32/h3-6,11,19-21,33H,1-2,7-10,12-14H2,(H2,28,29,30,31)/t19-,20-,21-,25-/m1/s1. The zero-order valence-electron chi connectivity index (χ0n) is 20.2. The molecule has 3 aliphatic heterocycles. The van der Waals surface area contributed by atoms with Crippen LogP contribution in [0.4, 0.5) is 10.2 Å². The van der Waals surface area contributed by atoms with Gasteiger partial charge in [-0.1, -0.05) is 23.7 Å². The zero-order chi connectivity index (χ0) is 25.4. The van der Waals surface area contributed by atoms with Gasteiger partial charge in [0.25, 0.3) is 11.9 Å². The number of benzene rings is 1. The topological polar surface area (TPSA) is 114 Å². The monoisotopic (exact) mass is 533 g/mol. The van der Waals surface area contributed by atoms with Gasteiger partial charge in [0.15, 0.2) is 17.9 Å². The fraction of sp³-hybridized carbons (Fsp3) is 0.520. The number of alkyl halides is 1. The number of hydrogen-bond donors (Lipinski definition) is 3. The number of rotatable bonds is 9. The fourth-order valence-electron chi connectivity index (χ4n) is 4.95. The third kappa shape index (κ3) is 5.06. The lowest BCUT2D eigenvalue weighted by molar-refractivity contribution is -0.169. The first-order valence-electron chi connectivity index (χ1n) is 12.5. The van der Waals surface area contributed by atoms with E-state index >= 15 is 0 Å². The third-order valence-corrected chi connectivity index (χ3v) is 7.30. The Morgan fingerprint density at radius 2 is 2.03 bits per heavy atom. The van der Waals surface area contributed by atoms with Gasteiger partial charge in [0, 0.05) is 13.1 Å². The number of nitrogens with one attached hydrogen (secondary N) is 2. The minimum absolute atomic E-state index is 0.0709. The largest absolute Gasteiger partial charge is 0.492 e. The Balaban J connectivity index is 1.05. The highest BCUT2D eigenvalue weighted by atomic mass is 35.5. The number of likely N-dealkylation sites (tertiary alicyclic amines) is 1. The molecule has 3 aliphatic rings. The Kier molecular flexibility index (Phi) is 6.80. The summed E-state index contributed by atoms with van der Waals surface area (Å²) in [5, 5.41) is 13.4. The van der Waals surface area contributed by atoms with Gasteiger partial charge < -0.3 is 34.4 Å². The van der Waals surface area contributed by atoms with Crippen molar-refractivity contribution in [3.8, 4) is 11.8 Å². The third-order valence-electron chi connectivity index (χ3n) is 7.01. The lowest BCUT2D eigenvalue weighted by Crippen LogP contribution is -2.43. The molecule has 0 saturated carbocycles. The Morgan fingerprint density at radius 1 is 1.22 bits per heavy atom. The van der Waals surface area contributed by atoms with E-state index in [4.69, 9.17) is 30.5 Å². The summed E-state index contributed by atoms with van der Waals surface area (Å²) >= 11 is 6.44. The van der Waals surface area contributed by atoms with Crippen LogP contribution in [0.5, 0.6) is 11.8 Å². The number of imidazole rings is 1. The molecule has 2 aromatic heterocycles. The van der Waals surface area contributed by atoms with Crippen LogP contribution in [0.3, 0.4) is 0 Å². The molecule has 5 heterocycles. The van der Waals surface area contributed by atoms with E-state index in [0.29, 0.717) is 35.2 Å². The second-order valence-electron chi connectivity index (χ2n) is 9.56. The van der Waals surface area contributed by atoms with Gasteiger partial charge in [-0.15, -0.1) is 0 Å². The molecule has 3 fully saturated rings. The molecule has 0 radical (unpaired) electrons. The van der Waals surface area contributed by atoms with Gasteiger partial charge in [0.05, 0.1) is 23.8 Å². The smallest absolute Gasteiger partial charge is 0.296 e. The van der Waals surface area contributed by atoms with Crippen molar-refractivity contribution in [1.29, 1.82) is 0 Å². The van der Waals surface area contributed by atoms with Crippen molar-refractivity contribution in [3.05, 3.63) is 40.9 Å². The summed E-state index contributed by atoms with van der Waals surface area (Å²) in [6.45, 7) is 4.26. The summed E-state index contributed by atoms with van der Waals surface area (Å²) < 4.78 is 36.9. The fourth-order valence-corrected chi connectivity index (χ4v) is 5.17. The minimum atomic E-state index is -2.27. The molecule has 3 saturated heterocycles. The first-order chi connectivity index (χ1) is 18.0.